The van der Waals surface area contributed by atoms with Crippen LogP contribution in [-0.2, 0) is 4.74 Å². The highest BCUT2D eigenvalue weighted by Gasteiger charge is 2.41. The summed E-state index contributed by atoms with van der Waals surface area (Å²) in [6, 6.07) is 7.72. The van der Waals surface area contributed by atoms with Gasteiger partial charge in [-0.25, -0.2) is 4.79 Å². The summed E-state index contributed by atoms with van der Waals surface area (Å²) in [6.07, 6.45) is 2.08. The Morgan fingerprint density at radius 1 is 1.44 bits per heavy atom. The van der Waals surface area contributed by atoms with E-state index in [0.717, 1.165) is 30.6 Å². The Balaban J connectivity index is 1.69. The van der Waals surface area contributed by atoms with Gasteiger partial charge in [-0.05, 0) is 48.8 Å². The zero-order valence-electron chi connectivity index (χ0n) is 10.8. The van der Waals surface area contributed by atoms with Crippen molar-refractivity contribution in [3.8, 4) is 0 Å². The minimum absolute atomic E-state index is 0.339. The predicted octanol–water partition coefficient (Wildman–Crippen LogP) is 3.98. The smallest absolute Gasteiger partial charge is 0.338 e. The van der Waals surface area contributed by atoms with Gasteiger partial charge in [0.1, 0.15) is 0 Å². The van der Waals surface area contributed by atoms with E-state index in [1.165, 1.54) is 0 Å². The zero-order valence-corrected chi connectivity index (χ0v) is 11.5. The molecule has 1 aliphatic rings. The van der Waals surface area contributed by atoms with Crippen molar-refractivity contribution >= 4 is 17.6 Å². The van der Waals surface area contributed by atoms with Crippen LogP contribution in [0.5, 0.6) is 0 Å². The van der Waals surface area contributed by atoms with E-state index in [1.54, 1.807) is 18.2 Å². The quantitative estimate of drug-likeness (QED) is 0.595. The zero-order chi connectivity index (χ0) is 13.1. The third kappa shape index (κ3) is 3.26. The van der Waals surface area contributed by atoms with E-state index >= 15 is 0 Å². The molecule has 1 aromatic rings. The molecule has 3 heteroatoms. The molecule has 1 fully saturated rings. The number of carbonyl (C=O) groups is 1. The molecule has 97 valence electrons. The highest BCUT2D eigenvalue weighted by molar-refractivity contribution is 6.30. The average Bonchev–Trinajstić information content (AvgIpc) is 2.92. The SMILES string of the molecule is CC1C(C)C1CCCOC(=O)c1[c]ccc(Cl)c1. The molecule has 0 N–H and O–H groups in total. The minimum Gasteiger partial charge on any atom is -0.462 e. The molecule has 1 aliphatic carbocycles. The van der Waals surface area contributed by atoms with Crippen molar-refractivity contribution in [2.45, 2.75) is 26.7 Å². The molecule has 0 bridgehead atoms. The molecule has 1 radical (unpaired) electrons. The van der Waals surface area contributed by atoms with Gasteiger partial charge in [-0.2, -0.15) is 0 Å². The molecule has 2 nitrogen and oxygen atoms in total. The molecule has 0 saturated heterocycles. The lowest BCUT2D eigenvalue weighted by atomic mass is 10.2. The number of ether oxygens (including phenoxy) is 1. The Morgan fingerprint density at radius 2 is 2.17 bits per heavy atom. The van der Waals surface area contributed by atoms with Crippen molar-refractivity contribution in [2.24, 2.45) is 17.8 Å². The largest absolute Gasteiger partial charge is 0.462 e. The first-order valence-corrected chi connectivity index (χ1v) is 6.81. The molecule has 2 rings (SSSR count). The second-order valence-electron chi connectivity index (χ2n) is 5.08. The van der Waals surface area contributed by atoms with Crippen LogP contribution in [0.2, 0.25) is 5.02 Å². The fourth-order valence-corrected chi connectivity index (χ4v) is 2.58. The van der Waals surface area contributed by atoms with E-state index in [0.29, 0.717) is 17.2 Å². The first kappa shape index (κ1) is 13.4. The molecule has 0 spiro atoms. The van der Waals surface area contributed by atoms with Gasteiger partial charge >= 0.3 is 5.97 Å². The number of esters is 1. The van der Waals surface area contributed by atoms with E-state index in [-0.39, 0.29) is 5.97 Å². The van der Waals surface area contributed by atoms with E-state index < -0.39 is 0 Å². The van der Waals surface area contributed by atoms with Crippen LogP contribution in [0.3, 0.4) is 0 Å². The summed E-state index contributed by atoms with van der Waals surface area (Å²) in [7, 11) is 0. The average molecular weight is 266 g/mol. The Bertz CT molecular complexity index is 422. The maximum atomic E-state index is 11.7. The lowest BCUT2D eigenvalue weighted by Crippen LogP contribution is -2.06. The lowest BCUT2D eigenvalue weighted by molar-refractivity contribution is 0.0496. The second-order valence-corrected chi connectivity index (χ2v) is 5.52. The number of benzene rings is 1. The number of carbonyl (C=O) groups excluding carboxylic acids is 1. The molecular formula is C15H18ClO2. The van der Waals surface area contributed by atoms with Crippen LogP contribution in [0, 0.1) is 23.8 Å². The van der Waals surface area contributed by atoms with Gasteiger partial charge in [0.05, 0.1) is 12.2 Å². The van der Waals surface area contributed by atoms with E-state index in [9.17, 15) is 4.79 Å². The fraction of sp³-hybridized carbons (Fsp3) is 0.533. The molecule has 18 heavy (non-hydrogen) atoms. The summed E-state index contributed by atoms with van der Waals surface area (Å²) in [5.41, 5.74) is 0.399. The first-order valence-electron chi connectivity index (χ1n) is 6.44. The number of hydrogen-bond donors (Lipinski definition) is 0. The standard InChI is InChI=1S/C15H18ClO2/c1-10-11(2)14(10)7-4-8-18-15(17)12-5-3-6-13(16)9-12/h3,6,9-11,14H,4,7-8H2,1-2H3. The Labute approximate surface area is 113 Å². The summed E-state index contributed by atoms with van der Waals surface area (Å²) in [6.45, 7) is 5.04. The van der Waals surface area contributed by atoms with Crippen molar-refractivity contribution in [3.05, 3.63) is 34.9 Å². The molecule has 2 atom stereocenters. The molecule has 0 aromatic heterocycles. The highest BCUT2D eigenvalue weighted by atomic mass is 35.5. The normalized spacial score (nSPS) is 25.8. The van der Waals surface area contributed by atoms with E-state index in [1.807, 2.05) is 0 Å². The predicted molar refractivity (Wildman–Crippen MR) is 71.6 cm³/mol. The van der Waals surface area contributed by atoms with E-state index in [4.69, 9.17) is 16.3 Å². The summed E-state index contributed by atoms with van der Waals surface area (Å²) < 4.78 is 5.20. The van der Waals surface area contributed by atoms with E-state index in [2.05, 4.69) is 19.9 Å². The van der Waals surface area contributed by atoms with Crippen molar-refractivity contribution in [2.75, 3.05) is 6.61 Å². The molecule has 1 aromatic carbocycles. The molecule has 2 unspecified atom stereocenters. The molecular weight excluding hydrogens is 248 g/mol. The molecule has 0 aliphatic heterocycles. The van der Waals surface area contributed by atoms with Gasteiger partial charge < -0.3 is 4.74 Å². The highest BCUT2D eigenvalue weighted by Crippen LogP contribution is 2.48. The molecule has 0 amide bonds. The van der Waals surface area contributed by atoms with Crippen LogP contribution in [0.4, 0.5) is 0 Å². The minimum atomic E-state index is -0.339. The summed E-state index contributed by atoms with van der Waals surface area (Å²) >= 11 is 5.80. The first-order chi connectivity index (χ1) is 8.59. The van der Waals surface area contributed by atoms with Crippen molar-refractivity contribution in [3.63, 3.8) is 0 Å². The third-order valence-electron chi connectivity index (χ3n) is 3.94. The molecule has 0 heterocycles. The number of halogens is 1. The third-order valence-corrected chi connectivity index (χ3v) is 4.17. The summed E-state index contributed by atoms with van der Waals surface area (Å²) in [4.78, 5) is 11.7. The van der Waals surface area contributed by atoms with Crippen LogP contribution in [0.15, 0.2) is 18.2 Å². The van der Waals surface area contributed by atoms with Crippen molar-refractivity contribution in [1.82, 2.24) is 0 Å². The summed E-state index contributed by atoms with van der Waals surface area (Å²) in [5, 5.41) is 0.529. The second kappa shape index (κ2) is 5.75. The van der Waals surface area contributed by atoms with Crippen LogP contribution < -0.4 is 0 Å². The number of rotatable bonds is 5. The molecule has 1 saturated carbocycles. The van der Waals surface area contributed by atoms with Gasteiger partial charge in [-0.3, -0.25) is 0 Å². The fourth-order valence-electron chi connectivity index (χ4n) is 2.41. The Morgan fingerprint density at radius 3 is 2.78 bits per heavy atom. The van der Waals surface area contributed by atoms with Gasteiger partial charge in [-0.1, -0.05) is 31.5 Å². The van der Waals surface area contributed by atoms with Crippen molar-refractivity contribution in [1.29, 1.82) is 0 Å². The van der Waals surface area contributed by atoms with Gasteiger partial charge in [0.15, 0.2) is 0 Å². The van der Waals surface area contributed by atoms with Crippen LogP contribution >= 0.6 is 11.6 Å². The van der Waals surface area contributed by atoms with Gasteiger partial charge in [0, 0.05) is 5.02 Å². The number of hydrogen-bond acceptors (Lipinski definition) is 2. The Kier molecular flexibility index (Phi) is 4.28. The van der Waals surface area contributed by atoms with Gasteiger partial charge in [0.25, 0.3) is 0 Å². The van der Waals surface area contributed by atoms with Crippen LogP contribution in [0.1, 0.15) is 37.0 Å². The van der Waals surface area contributed by atoms with Gasteiger partial charge in [0.2, 0.25) is 0 Å². The maximum Gasteiger partial charge on any atom is 0.338 e. The summed E-state index contributed by atoms with van der Waals surface area (Å²) in [5.74, 6) is 2.15. The Hall–Kier alpha value is -1.02. The van der Waals surface area contributed by atoms with Crippen LogP contribution in [0.25, 0.3) is 0 Å². The maximum absolute atomic E-state index is 11.7. The lowest BCUT2D eigenvalue weighted by Gasteiger charge is -2.04. The topological polar surface area (TPSA) is 26.3 Å². The van der Waals surface area contributed by atoms with Gasteiger partial charge in [-0.15, -0.1) is 0 Å². The van der Waals surface area contributed by atoms with Crippen molar-refractivity contribution < 1.29 is 9.53 Å². The monoisotopic (exact) mass is 265 g/mol. The van der Waals surface area contributed by atoms with Crippen LogP contribution in [-0.4, -0.2) is 12.6 Å².